The van der Waals surface area contributed by atoms with Gasteiger partial charge in [-0.25, -0.2) is 8.42 Å². The van der Waals surface area contributed by atoms with Crippen molar-refractivity contribution in [1.82, 2.24) is 4.31 Å². The molecule has 116 valence electrons. The summed E-state index contributed by atoms with van der Waals surface area (Å²) in [7, 11) is -3.65. The highest BCUT2D eigenvalue weighted by molar-refractivity contribution is 7.89. The number of rotatable bonds is 5. The van der Waals surface area contributed by atoms with Crippen LogP contribution in [0.5, 0.6) is 5.75 Å². The van der Waals surface area contributed by atoms with E-state index in [1.54, 1.807) is 12.1 Å². The minimum Gasteiger partial charge on any atom is -0.494 e. The van der Waals surface area contributed by atoms with Gasteiger partial charge in [0.1, 0.15) is 5.75 Å². The monoisotopic (exact) mass is 313 g/mol. The first kappa shape index (κ1) is 15.8. The molecule has 0 radical (unpaired) electrons. The molecule has 1 aliphatic heterocycles. The highest BCUT2D eigenvalue weighted by atomic mass is 32.2. The van der Waals surface area contributed by atoms with Crippen LogP contribution in [0, 0.1) is 5.92 Å². The number of nitrogens with zero attached hydrogens (tertiary/aromatic N) is 1. The average Bonchev–Trinajstić information content (AvgIpc) is 2.48. The van der Waals surface area contributed by atoms with E-state index in [1.165, 1.54) is 16.4 Å². The Kier molecular flexibility index (Phi) is 4.84. The van der Waals surface area contributed by atoms with Crippen LogP contribution in [0.15, 0.2) is 29.2 Å². The summed E-state index contributed by atoms with van der Waals surface area (Å²) in [4.78, 5) is 11.2. The molecule has 0 saturated carbocycles. The lowest BCUT2D eigenvalue weighted by molar-refractivity contribution is -0.142. The van der Waals surface area contributed by atoms with Gasteiger partial charge in [0.2, 0.25) is 10.0 Å². The molecule has 7 heteroatoms. The SMILES string of the molecule is CCOc1ccc(S(=O)(=O)N2CCC[C@@H](C(=O)O)C2)cc1. The van der Waals surface area contributed by atoms with Gasteiger partial charge in [-0.15, -0.1) is 0 Å². The van der Waals surface area contributed by atoms with E-state index < -0.39 is 21.9 Å². The number of ether oxygens (including phenoxy) is 1. The summed E-state index contributed by atoms with van der Waals surface area (Å²) >= 11 is 0. The number of sulfonamides is 1. The first-order valence-corrected chi connectivity index (χ1v) is 8.35. The zero-order valence-corrected chi connectivity index (χ0v) is 12.7. The van der Waals surface area contributed by atoms with E-state index in [9.17, 15) is 13.2 Å². The summed E-state index contributed by atoms with van der Waals surface area (Å²) in [5.41, 5.74) is 0. The van der Waals surface area contributed by atoms with E-state index in [2.05, 4.69) is 0 Å². The number of aliphatic carboxylic acids is 1. The van der Waals surface area contributed by atoms with E-state index >= 15 is 0 Å². The molecular weight excluding hydrogens is 294 g/mol. The van der Waals surface area contributed by atoms with Gasteiger partial charge in [-0.1, -0.05) is 0 Å². The number of hydrogen-bond donors (Lipinski definition) is 1. The Balaban J connectivity index is 2.18. The number of carbonyl (C=O) groups is 1. The Morgan fingerprint density at radius 3 is 2.62 bits per heavy atom. The van der Waals surface area contributed by atoms with Crippen molar-refractivity contribution in [1.29, 1.82) is 0 Å². The molecule has 1 N–H and O–H groups in total. The molecule has 1 atom stereocenters. The van der Waals surface area contributed by atoms with Crippen LogP contribution in [0.1, 0.15) is 19.8 Å². The Hall–Kier alpha value is -1.60. The first-order chi connectivity index (χ1) is 9.95. The predicted molar refractivity (Wildman–Crippen MR) is 76.7 cm³/mol. The molecule has 0 bridgehead atoms. The van der Waals surface area contributed by atoms with Crippen LogP contribution < -0.4 is 4.74 Å². The molecule has 1 fully saturated rings. The number of carboxylic acids is 1. The number of hydrogen-bond acceptors (Lipinski definition) is 4. The van der Waals surface area contributed by atoms with Crippen molar-refractivity contribution >= 4 is 16.0 Å². The van der Waals surface area contributed by atoms with Crippen molar-refractivity contribution < 1.29 is 23.1 Å². The standard InChI is InChI=1S/C14H19NO5S/c1-2-20-12-5-7-13(8-6-12)21(18,19)15-9-3-4-11(10-15)14(16)17/h5-8,11H,2-4,9-10H2,1H3,(H,16,17)/t11-/m1/s1. The third-order valence-corrected chi connectivity index (χ3v) is 5.39. The number of carboxylic acid groups (broad SMARTS) is 1. The second-order valence-corrected chi connectivity index (χ2v) is 6.88. The Bertz CT molecular complexity index is 596. The maximum absolute atomic E-state index is 12.5. The molecule has 21 heavy (non-hydrogen) atoms. The molecule has 0 aliphatic carbocycles. The summed E-state index contributed by atoms with van der Waals surface area (Å²) < 4.78 is 31.6. The van der Waals surface area contributed by atoms with E-state index in [0.717, 1.165) is 0 Å². The zero-order chi connectivity index (χ0) is 15.5. The van der Waals surface area contributed by atoms with Gasteiger partial charge in [-0.3, -0.25) is 4.79 Å². The summed E-state index contributed by atoms with van der Waals surface area (Å²) in [6.07, 6.45) is 1.08. The molecular formula is C14H19NO5S. The van der Waals surface area contributed by atoms with Crippen molar-refractivity contribution in [3.05, 3.63) is 24.3 Å². The lowest BCUT2D eigenvalue weighted by Gasteiger charge is -2.29. The molecule has 0 amide bonds. The minimum atomic E-state index is -3.65. The van der Waals surface area contributed by atoms with E-state index in [4.69, 9.17) is 9.84 Å². The van der Waals surface area contributed by atoms with Gasteiger partial charge in [-0.2, -0.15) is 4.31 Å². The summed E-state index contributed by atoms with van der Waals surface area (Å²) in [5, 5.41) is 9.05. The lowest BCUT2D eigenvalue weighted by Crippen LogP contribution is -2.42. The Morgan fingerprint density at radius 2 is 2.05 bits per heavy atom. The lowest BCUT2D eigenvalue weighted by atomic mass is 10.0. The van der Waals surface area contributed by atoms with Crippen LogP contribution in [-0.4, -0.2) is 43.5 Å². The third-order valence-electron chi connectivity index (χ3n) is 3.51. The van der Waals surface area contributed by atoms with Crippen LogP contribution >= 0.6 is 0 Å². The molecule has 0 unspecified atom stereocenters. The van der Waals surface area contributed by atoms with Crippen LogP contribution in [-0.2, 0) is 14.8 Å². The van der Waals surface area contributed by atoms with E-state index in [1.807, 2.05) is 6.92 Å². The zero-order valence-electron chi connectivity index (χ0n) is 11.9. The maximum atomic E-state index is 12.5. The summed E-state index contributed by atoms with van der Waals surface area (Å²) in [6, 6.07) is 6.19. The molecule has 0 spiro atoms. The molecule has 1 heterocycles. The van der Waals surface area contributed by atoms with Gasteiger partial charge < -0.3 is 9.84 Å². The van der Waals surface area contributed by atoms with Crippen molar-refractivity contribution in [3.63, 3.8) is 0 Å². The highest BCUT2D eigenvalue weighted by Crippen LogP contribution is 2.25. The smallest absolute Gasteiger partial charge is 0.307 e. The summed E-state index contributed by atoms with van der Waals surface area (Å²) in [6.45, 7) is 2.76. The van der Waals surface area contributed by atoms with Gasteiger partial charge in [-0.05, 0) is 44.0 Å². The minimum absolute atomic E-state index is 0.0326. The maximum Gasteiger partial charge on any atom is 0.307 e. The molecule has 1 aliphatic rings. The van der Waals surface area contributed by atoms with Crippen LogP contribution in [0.3, 0.4) is 0 Å². The molecule has 0 aromatic heterocycles. The summed E-state index contributed by atoms with van der Waals surface area (Å²) in [5.74, 6) is -0.962. The number of benzene rings is 1. The molecule has 2 rings (SSSR count). The van der Waals surface area contributed by atoms with Crippen LogP contribution in [0.2, 0.25) is 0 Å². The van der Waals surface area contributed by atoms with Crippen LogP contribution in [0.4, 0.5) is 0 Å². The fourth-order valence-electron chi connectivity index (χ4n) is 2.39. The van der Waals surface area contributed by atoms with Crippen molar-refractivity contribution in [3.8, 4) is 5.75 Å². The van der Waals surface area contributed by atoms with Crippen LogP contribution in [0.25, 0.3) is 0 Å². The van der Waals surface area contributed by atoms with E-state index in [0.29, 0.717) is 31.7 Å². The normalized spacial score (nSPS) is 20.1. The average molecular weight is 313 g/mol. The quantitative estimate of drug-likeness (QED) is 0.892. The van der Waals surface area contributed by atoms with Crippen molar-refractivity contribution in [2.45, 2.75) is 24.7 Å². The fraction of sp³-hybridized carbons (Fsp3) is 0.500. The van der Waals surface area contributed by atoms with Gasteiger partial charge in [0, 0.05) is 13.1 Å². The molecule has 1 aromatic rings. The molecule has 1 aromatic carbocycles. The van der Waals surface area contributed by atoms with Crippen molar-refractivity contribution in [2.24, 2.45) is 5.92 Å². The predicted octanol–water partition coefficient (Wildman–Crippen LogP) is 1.57. The Morgan fingerprint density at radius 1 is 1.38 bits per heavy atom. The third kappa shape index (κ3) is 3.54. The van der Waals surface area contributed by atoms with Gasteiger partial charge in [0.25, 0.3) is 0 Å². The highest BCUT2D eigenvalue weighted by Gasteiger charge is 2.33. The first-order valence-electron chi connectivity index (χ1n) is 6.91. The molecule has 1 saturated heterocycles. The topological polar surface area (TPSA) is 83.9 Å². The van der Waals surface area contributed by atoms with Gasteiger partial charge in [0.05, 0.1) is 17.4 Å². The molecule has 6 nitrogen and oxygen atoms in total. The largest absolute Gasteiger partial charge is 0.494 e. The number of piperidine rings is 1. The second kappa shape index (κ2) is 6.44. The Labute approximate surface area is 124 Å². The van der Waals surface area contributed by atoms with Gasteiger partial charge in [0.15, 0.2) is 0 Å². The van der Waals surface area contributed by atoms with Gasteiger partial charge >= 0.3 is 5.97 Å². The fourth-order valence-corrected chi connectivity index (χ4v) is 3.91. The van der Waals surface area contributed by atoms with E-state index in [-0.39, 0.29) is 11.4 Å². The second-order valence-electron chi connectivity index (χ2n) is 4.94. The van der Waals surface area contributed by atoms with Crippen molar-refractivity contribution in [2.75, 3.05) is 19.7 Å².